The first kappa shape index (κ1) is 16.7. The molecule has 6 N–H and O–H groups in total. The Hall–Kier alpha value is 1.21. The summed E-state index contributed by atoms with van der Waals surface area (Å²) < 4.78 is 0. The van der Waals surface area contributed by atoms with Crippen LogP contribution in [0, 0.1) is 39.9 Å². The van der Waals surface area contributed by atoms with E-state index in [0.717, 1.165) is 0 Å². The minimum absolute atomic E-state index is 0. The van der Waals surface area contributed by atoms with E-state index in [1.807, 2.05) is 0 Å². The van der Waals surface area contributed by atoms with Crippen molar-refractivity contribution in [2.75, 3.05) is 0 Å². The monoisotopic (exact) mass is 282 g/mol. The van der Waals surface area contributed by atoms with Gasteiger partial charge in [0.1, 0.15) is 0 Å². The van der Waals surface area contributed by atoms with E-state index in [-0.39, 0.29) is 39.9 Å². The van der Waals surface area contributed by atoms with Crippen molar-refractivity contribution in [1.29, 1.82) is 0 Å². The molecule has 0 spiro atoms. The van der Waals surface area contributed by atoms with Gasteiger partial charge in [-0.15, -0.1) is 0 Å². The Balaban J connectivity index is -0.0000000720. The summed E-state index contributed by atoms with van der Waals surface area (Å²) in [6.45, 7) is 0. The average molecular weight is 281 g/mol. The molecule has 0 aromatic rings. The predicted molar refractivity (Wildman–Crippen MR) is 24.8 cm³/mol. The maximum Gasteiger partial charge on any atom is 0.631 e. The Kier molecular flexibility index (Phi) is 22.1. The maximum atomic E-state index is 7.17. The zero-order chi connectivity index (χ0) is 7.15. The molecule has 0 aliphatic carbocycles. The van der Waals surface area contributed by atoms with Crippen LogP contribution >= 0.6 is 0 Å². The second kappa shape index (κ2) is 11.9. The normalized spacial score (nSPS) is 6.00. The second-order valence-electron chi connectivity index (χ2n) is 0.693. The van der Waals surface area contributed by atoms with Gasteiger partial charge in [-0.3, -0.25) is 0 Å². The van der Waals surface area contributed by atoms with Gasteiger partial charge in [0.25, 0.3) is 0 Å². The molecule has 0 radical (unpaired) electrons. The van der Waals surface area contributed by atoms with E-state index in [4.69, 9.17) is 30.1 Å². The molecule has 0 heterocycles. The van der Waals surface area contributed by atoms with Crippen molar-refractivity contribution >= 4 is 14.6 Å². The molecule has 0 aliphatic heterocycles. The van der Waals surface area contributed by atoms with Gasteiger partial charge in [0.15, 0.2) is 0 Å². The van der Waals surface area contributed by atoms with Gasteiger partial charge in [-0.1, -0.05) is 0 Å². The molecule has 0 amide bonds. The molecule has 0 fully saturated rings. The van der Waals surface area contributed by atoms with Gasteiger partial charge in [-0.25, -0.2) is 0 Å². The third kappa shape index (κ3) is 325. The summed E-state index contributed by atoms with van der Waals surface area (Å²) in [4.78, 5) is 0. The Bertz CT molecular complexity index is 26.5. The molecule has 0 saturated heterocycles. The van der Waals surface area contributed by atoms with E-state index in [1.54, 1.807) is 0 Å². The zero-order valence-corrected chi connectivity index (χ0v) is 6.46. The third-order valence-corrected chi connectivity index (χ3v) is 0. The van der Waals surface area contributed by atoms with Crippen molar-refractivity contribution in [2.24, 2.45) is 0 Å². The van der Waals surface area contributed by atoms with Crippen LogP contribution < -0.4 is 0 Å². The van der Waals surface area contributed by atoms with Gasteiger partial charge >= 0.3 is 14.6 Å². The molecule has 0 rings (SSSR count). The van der Waals surface area contributed by atoms with Crippen LogP contribution in [0.2, 0.25) is 0 Å². The van der Waals surface area contributed by atoms with Crippen LogP contribution in [-0.2, 0) is 0 Å². The summed E-state index contributed by atoms with van der Waals surface area (Å²) in [5, 5.41) is 43.0. The van der Waals surface area contributed by atoms with Gasteiger partial charge in [-0.05, 0) is 0 Å². The third-order valence-electron chi connectivity index (χ3n) is 0. The molecule has 9 heteroatoms. The molecule has 0 aliphatic rings. The van der Waals surface area contributed by atoms with Crippen LogP contribution in [0.5, 0.6) is 0 Å². The summed E-state index contributed by atoms with van der Waals surface area (Å²) in [6, 6.07) is 0. The summed E-state index contributed by atoms with van der Waals surface area (Å²) in [5.74, 6) is 0. The minimum Gasteiger partial charge on any atom is -0.402 e. The molecule has 56 valence electrons. The average Bonchev–Trinajstić information content (AvgIpc) is 1.25. The van der Waals surface area contributed by atoms with Gasteiger partial charge in [0.2, 0.25) is 0 Å². The van der Waals surface area contributed by atoms with Crippen LogP contribution in [0.3, 0.4) is 0 Å². The van der Waals surface area contributed by atoms with E-state index in [0.29, 0.717) is 0 Å². The van der Waals surface area contributed by atoms with Gasteiger partial charge < -0.3 is 30.1 Å². The summed E-state index contributed by atoms with van der Waals surface area (Å²) in [7, 11) is -4.33. The zero-order valence-electron chi connectivity index (χ0n) is 4.19. The quantitative estimate of drug-likeness (QED) is 0.251. The topological polar surface area (TPSA) is 121 Å². The minimum atomic E-state index is -2.17. The molecule has 0 unspecified atom stereocenters. The summed E-state index contributed by atoms with van der Waals surface area (Å²) in [6.07, 6.45) is 0. The fourth-order valence-electron chi connectivity index (χ4n) is 0. The van der Waals surface area contributed by atoms with Gasteiger partial charge in [-0.2, -0.15) is 0 Å². The number of hydrogen-bond acceptors (Lipinski definition) is 6. The Morgan fingerprint density at radius 3 is 0.556 bits per heavy atom. The molecule has 6 nitrogen and oxygen atoms in total. The smallest absolute Gasteiger partial charge is 0.402 e. The van der Waals surface area contributed by atoms with Crippen molar-refractivity contribution in [3.8, 4) is 0 Å². The molecule has 0 saturated carbocycles. The predicted octanol–water partition coefficient (Wildman–Crippen LogP) is -4.10. The maximum absolute atomic E-state index is 7.17. The van der Waals surface area contributed by atoms with E-state index in [2.05, 4.69) is 0 Å². The number of rotatable bonds is 0. The van der Waals surface area contributed by atoms with Crippen LogP contribution in [0.4, 0.5) is 0 Å². The SMILES string of the molecule is OB(O)O.OB(O)O.[Gd]. The van der Waals surface area contributed by atoms with Crippen molar-refractivity contribution in [3.63, 3.8) is 0 Å². The van der Waals surface area contributed by atoms with E-state index in [1.165, 1.54) is 0 Å². The van der Waals surface area contributed by atoms with Crippen molar-refractivity contribution in [2.45, 2.75) is 0 Å². The largest absolute Gasteiger partial charge is 0.631 e. The fourth-order valence-corrected chi connectivity index (χ4v) is 0. The van der Waals surface area contributed by atoms with E-state index >= 15 is 0 Å². The molecule has 9 heavy (non-hydrogen) atoms. The van der Waals surface area contributed by atoms with E-state index in [9.17, 15) is 0 Å². The van der Waals surface area contributed by atoms with E-state index < -0.39 is 14.6 Å². The Labute approximate surface area is 84.2 Å². The number of hydrogen-bond donors (Lipinski definition) is 6. The first-order valence-corrected chi connectivity index (χ1v) is 1.55. The molecule has 0 aromatic heterocycles. The standard InChI is InChI=1S/2BH3O3.Gd/c2*2-1(3)4;/h2*2-4H;. The second-order valence-corrected chi connectivity index (χ2v) is 0.693. The molecule has 0 bridgehead atoms. The van der Waals surface area contributed by atoms with Gasteiger partial charge in [0.05, 0.1) is 0 Å². The van der Waals surface area contributed by atoms with Crippen LogP contribution in [0.1, 0.15) is 0 Å². The Morgan fingerprint density at radius 2 is 0.556 bits per heavy atom. The van der Waals surface area contributed by atoms with Crippen molar-refractivity contribution in [3.05, 3.63) is 0 Å². The molecule has 0 aromatic carbocycles. The van der Waals surface area contributed by atoms with Crippen LogP contribution in [-0.4, -0.2) is 44.8 Å². The van der Waals surface area contributed by atoms with Crippen molar-refractivity contribution in [1.82, 2.24) is 0 Å². The first-order valence-electron chi connectivity index (χ1n) is 1.55. The molecule has 0 atom stereocenters. The Morgan fingerprint density at radius 1 is 0.556 bits per heavy atom. The van der Waals surface area contributed by atoms with Crippen molar-refractivity contribution < 1.29 is 70.1 Å². The van der Waals surface area contributed by atoms with Crippen LogP contribution in [0.25, 0.3) is 0 Å². The van der Waals surface area contributed by atoms with Crippen LogP contribution in [0.15, 0.2) is 0 Å². The summed E-state index contributed by atoms with van der Waals surface area (Å²) in [5.41, 5.74) is 0. The summed E-state index contributed by atoms with van der Waals surface area (Å²) >= 11 is 0. The van der Waals surface area contributed by atoms with Gasteiger partial charge in [0, 0.05) is 39.9 Å². The first-order chi connectivity index (χ1) is 3.46. The molecular formula is H6B2GdO6. The molecular weight excluding hydrogens is 275 g/mol. The fraction of sp³-hybridized carbons (Fsp3) is 0.